The minimum absolute atomic E-state index is 0. The van der Waals surface area contributed by atoms with Gasteiger partial charge < -0.3 is 5.73 Å². The Bertz CT molecular complexity index is 395. The third-order valence-corrected chi connectivity index (χ3v) is 3.11. The average Bonchev–Trinajstić information content (AvgIpc) is 2.59. The Kier molecular flexibility index (Phi) is 4.04. The molecule has 80 valence electrons. The van der Waals surface area contributed by atoms with Crippen LogP contribution in [0.4, 0.5) is 0 Å². The lowest BCUT2D eigenvalue weighted by Gasteiger charge is -2.08. The molecule has 1 aliphatic rings. The zero-order valence-electron chi connectivity index (χ0n) is 8.24. The summed E-state index contributed by atoms with van der Waals surface area (Å²) in [4.78, 5) is 0. The highest BCUT2D eigenvalue weighted by atomic mass is 35.5. The zero-order chi connectivity index (χ0) is 10.1. The molecule has 0 radical (unpaired) electrons. The van der Waals surface area contributed by atoms with E-state index in [-0.39, 0.29) is 23.8 Å². The van der Waals surface area contributed by atoms with Crippen LogP contribution in [0.1, 0.15) is 34.5 Å². The van der Waals surface area contributed by atoms with E-state index in [4.69, 9.17) is 23.8 Å². The second-order valence-corrected chi connectivity index (χ2v) is 4.07. The van der Waals surface area contributed by atoms with Gasteiger partial charge in [0.15, 0.2) is 0 Å². The van der Waals surface area contributed by atoms with E-state index in [0.717, 1.165) is 18.4 Å². The predicted molar refractivity (Wildman–Crippen MR) is 66.4 cm³/mol. The van der Waals surface area contributed by atoms with Crippen molar-refractivity contribution in [3.8, 4) is 12.3 Å². The summed E-state index contributed by atoms with van der Waals surface area (Å²) in [6.45, 7) is 0. The second kappa shape index (κ2) is 4.90. The van der Waals surface area contributed by atoms with Gasteiger partial charge in [0, 0.05) is 6.04 Å². The van der Waals surface area contributed by atoms with E-state index in [1.807, 2.05) is 12.1 Å². The van der Waals surface area contributed by atoms with Gasteiger partial charge in [0.1, 0.15) is 5.38 Å². The standard InChI is InChI=1S/C12H12ClN.ClH/c1-2-11(13)9-4-3-8-5-6-12(14)10(8)7-9;/h1,3-4,7,11-12H,5-6,14H2;1H. The van der Waals surface area contributed by atoms with Crippen molar-refractivity contribution in [3.05, 3.63) is 34.9 Å². The van der Waals surface area contributed by atoms with Gasteiger partial charge in [-0.3, -0.25) is 0 Å². The highest BCUT2D eigenvalue weighted by Crippen LogP contribution is 2.32. The van der Waals surface area contributed by atoms with Crippen molar-refractivity contribution in [2.75, 3.05) is 0 Å². The lowest BCUT2D eigenvalue weighted by Crippen LogP contribution is -2.05. The first kappa shape index (κ1) is 12.4. The van der Waals surface area contributed by atoms with Crippen LogP contribution < -0.4 is 5.73 Å². The van der Waals surface area contributed by atoms with Crippen LogP contribution in [-0.2, 0) is 6.42 Å². The number of hydrogen-bond acceptors (Lipinski definition) is 1. The molecule has 0 aromatic heterocycles. The van der Waals surface area contributed by atoms with Gasteiger partial charge in [-0.1, -0.05) is 24.1 Å². The molecule has 1 nitrogen and oxygen atoms in total. The Labute approximate surface area is 101 Å². The Hall–Kier alpha value is -0.680. The maximum atomic E-state index is 5.96. The van der Waals surface area contributed by atoms with Gasteiger partial charge in [0.25, 0.3) is 0 Å². The summed E-state index contributed by atoms with van der Waals surface area (Å²) in [6.07, 6.45) is 7.37. The van der Waals surface area contributed by atoms with Gasteiger partial charge in [-0.25, -0.2) is 0 Å². The molecule has 2 rings (SSSR count). The first-order valence-electron chi connectivity index (χ1n) is 4.71. The molecule has 0 heterocycles. The molecule has 2 atom stereocenters. The summed E-state index contributed by atoms with van der Waals surface area (Å²) in [7, 11) is 0. The molecule has 0 bridgehead atoms. The molecule has 0 aliphatic heterocycles. The molecule has 1 aromatic carbocycles. The molecule has 2 N–H and O–H groups in total. The average molecular weight is 242 g/mol. The lowest BCUT2D eigenvalue weighted by molar-refractivity contribution is 0.713. The number of rotatable bonds is 1. The van der Waals surface area contributed by atoms with Crippen LogP contribution in [0.25, 0.3) is 0 Å². The Morgan fingerprint density at radius 1 is 1.53 bits per heavy atom. The van der Waals surface area contributed by atoms with Crippen LogP contribution in [0.3, 0.4) is 0 Å². The molecule has 15 heavy (non-hydrogen) atoms. The van der Waals surface area contributed by atoms with Crippen LogP contribution in [0.15, 0.2) is 18.2 Å². The lowest BCUT2D eigenvalue weighted by atomic mass is 10.0. The monoisotopic (exact) mass is 241 g/mol. The fraction of sp³-hybridized carbons (Fsp3) is 0.333. The van der Waals surface area contributed by atoms with Crippen LogP contribution in [0.5, 0.6) is 0 Å². The van der Waals surface area contributed by atoms with Crippen LogP contribution >= 0.6 is 24.0 Å². The van der Waals surface area contributed by atoms with Crippen molar-refractivity contribution in [1.82, 2.24) is 0 Å². The number of fused-ring (bicyclic) bond motifs is 1. The first-order chi connectivity index (χ1) is 6.72. The number of benzene rings is 1. The molecule has 0 spiro atoms. The fourth-order valence-corrected chi connectivity index (χ4v) is 2.04. The SMILES string of the molecule is C#CC(Cl)c1ccc2c(c1)C(N)CC2.Cl. The normalized spacial score (nSPS) is 19.9. The van der Waals surface area contributed by atoms with Crippen molar-refractivity contribution in [2.24, 2.45) is 5.73 Å². The first-order valence-corrected chi connectivity index (χ1v) is 5.14. The number of halogens is 2. The Balaban J connectivity index is 0.00000112. The van der Waals surface area contributed by atoms with Crippen molar-refractivity contribution in [1.29, 1.82) is 0 Å². The number of aryl methyl sites for hydroxylation is 1. The van der Waals surface area contributed by atoms with Crippen LogP contribution in [0.2, 0.25) is 0 Å². The van der Waals surface area contributed by atoms with Crippen molar-refractivity contribution < 1.29 is 0 Å². The topological polar surface area (TPSA) is 26.0 Å². The van der Waals surface area contributed by atoms with E-state index in [0.29, 0.717) is 0 Å². The van der Waals surface area contributed by atoms with Crippen LogP contribution in [-0.4, -0.2) is 0 Å². The third kappa shape index (κ3) is 2.29. The summed E-state index contributed by atoms with van der Waals surface area (Å²) >= 11 is 5.96. The van der Waals surface area contributed by atoms with Crippen molar-refractivity contribution in [2.45, 2.75) is 24.3 Å². The number of terminal acetylenes is 1. The zero-order valence-corrected chi connectivity index (χ0v) is 9.81. The molecule has 0 saturated heterocycles. The van der Waals surface area contributed by atoms with Gasteiger partial charge in [0.05, 0.1) is 0 Å². The van der Waals surface area contributed by atoms with Gasteiger partial charge >= 0.3 is 0 Å². The molecule has 0 saturated carbocycles. The molecular formula is C12H13Cl2N. The molecule has 1 aliphatic carbocycles. The molecule has 0 fully saturated rings. The maximum Gasteiger partial charge on any atom is 0.119 e. The summed E-state index contributed by atoms with van der Waals surface area (Å²) in [5.41, 5.74) is 9.49. The van der Waals surface area contributed by atoms with E-state index >= 15 is 0 Å². The van der Waals surface area contributed by atoms with E-state index in [1.54, 1.807) is 0 Å². The molecule has 3 heteroatoms. The van der Waals surface area contributed by atoms with Crippen LogP contribution in [0, 0.1) is 12.3 Å². The second-order valence-electron chi connectivity index (χ2n) is 3.63. The van der Waals surface area contributed by atoms with E-state index < -0.39 is 0 Å². The minimum Gasteiger partial charge on any atom is -0.324 e. The van der Waals surface area contributed by atoms with E-state index in [1.165, 1.54) is 11.1 Å². The molecular weight excluding hydrogens is 229 g/mol. The maximum absolute atomic E-state index is 5.96. The van der Waals surface area contributed by atoms with E-state index in [9.17, 15) is 0 Å². The molecule has 2 unspecified atom stereocenters. The number of alkyl halides is 1. The highest BCUT2D eigenvalue weighted by molar-refractivity contribution is 6.22. The van der Waals surface area contributed by atoms with Crippen molar-refractivity contribution in [3.63, 3.8) is 0 Å². The van der Waals surface area contributed by atoms with Gasteiger partial charge in [-0.2, -0.15) is 0 Å². The smallest absolute Gasteiger partial charge is 0.119 e. The Morgan fingerprint density at radius 2 is 2.27 bits per heavy atom. The van der Waals surface area contributed by atoms with Crippen molar-refractivity contribution >= 4 is 24.0 Å². The summed E-state index contributed by atoms with van der Waals surface area (Å²) in [5, 5.41) is -0.340. The fourth-order valence-electron chi connectivity index (χ4n) is 1.91. The minimum atomic E-state index is -0.340. The third-order valence-electron chi connectivity index (χ3n) is 2.73. The quantitative estimate of drug-likeness (QED) is 0.594. The summed E-state index contributed by atoms with van der Waals surface area (Å²) < 4.78 is 0. The molecule has 1 aromatic rings. The predicted octanol–water partition coefficient (Wildman–Crippen LogP) is 2.97. The van der Waals surface area contributed by atoms with E-state index in [2.05, 4.69) is 12.0 Å². The highest BCUT2D eigenvalue weighted by Gasteiger charge is 2.19. The van der Waals surface area contributed by atoms with Gasteiger partial charge in [0.2, 0.25) is 0 Å². The van der Waals surface area contributed by atoms with Gasteiger partial charge in [-0.05, 0) is 29.5 Å². The Morgan fingerprint density at radius 3 is 2.93 bits per heavy atom. The summed E-state index contributed by atoms with van der Waals surface area (Å²) in [6, 6.07) is 6.29. The number of hydrogen-bond donors (Lipinski definition) is 1. The van der Waals surface area contributed by atoms with Gasteiger partial charge in [-0.15, -0.1) is 30.4 Å². The molecule has 0 amide bonds. The number of nitrogens with two attached hydrogens (primary N) is 1. The summed E-state index contributed by atoms with van der Waals surface area (Å²) in [5.74, 6) is 2.51. The largest absolute Gasteiger partial charge is 0.324 e.